The van der Waals surface area contributed by atoms with Crippen LogP contribution >= 0.6 is 12.4 Å². The lowest BCUT2D eigenvalue weighted by Gasteiger charge is -2.35. The largest absolute Gasteiger partial charge is 0.372 e. The number of carbonyl (C=O) groups is 2. The number of ether oxygens (including phenoxy) is 1. The van der Waals surface area contributed by atoms with Crippen molar-refractivity contribution in [2.75, 3.05) is 31.5 Å². The lowest BCUT2D eigenvalue weighted by molar-refractivity contribution is -0.120. The minimum atomic E-state index is 0. The summed E-state index contributed by atoms with van der Waals surface area (Å²) in [6, 6.07) is 7.18. The van der Waals surface area contributed by atoms with E-state index in [9.17, 15) is 9.59 Å². The standard InChI is InChI=1S/C19H27N3O3.ClH/c1-13-11-22(12-14(2)25-13)19(24)16-3-5-17(6-4-16)21-18(23)15-7-9-20-10-8-15;/h3-6,13-15,20H,7-12H2,1-2H3,(H,21,23);1H. The number of halogens is 1. The molecule has 2 atom stereocenters. The van der Waals surface area contributed by atoms with Crippen LogP contribution in [-0.2, 0) is 9.53 Å². The predicted octanol–water partition coefficient (Wildman–Crippen LogP) is 2.30. The molecule has 0 aromatic heterocycles. The maximum absolute atomic E-state index is 12.6. The third-order valence-electron chi connectivity index (χ3n) is 4.82. The summed E-state index contributed by atoms with van der Waals surface area (Å²) in [5.74, 6) is 0.147. The number of benzene rings is 1. The molecule has 2 heterocycles. The summed E-state index contributed by atoms with van der Waals surface area (Å²) in [5, 5.41) is 6.22. The number of piperidine rings is 1. The fraction of sp³-hybridized carbons (Fsp3) is 0.579. The molecule has 2 saturated heterocycles. The number of carbonyl (C=O) groups excluding carboxylic acids is 2. The monoisotopic (exact) mass is 381 g/mol. The normalized spacial score (nSPS) is 23.8. The fourth-order valence-electron chi connectivity index (χ4n) is 3.55. The van der Waals surface area contributed by atoms with Gasteiger partial charge in [-0.2, -0.15) is 0 Å². The van der Waals surface area contributed by atoms with E-state index in [0.717, 1.165) is 31.6 Å². The lowest BCUT2D eigenvalue weighted by atomic mass is 9.97. The van der Waals surface area contributed by atoms with E-state index in [1.54, 1.807) is 24.3 Å². The number of nitrogens with one attached hydrogen (secondary N) is 2. The van der Waals surface area contributed by atoms with Gasteiger partial charge in [0.25, 0.3) is 5.91 Å². The van der Waals surface area contributed by atoms with Crippen LogP contribution in [0.1, 0.15) is 37.0 Å². The first-order valence-corrected chi connectivity index (χ1v) is 9.09. The zero-order valence-corrected chi connectivity index (χ0v) is 16.2. The highest BCUT2D eigenvalue weighted by Crippen LogP contribution is 2.18. The average molecular weight is 382 g/mol. The highest BCUT2D eigenvalue weighted by Gasteiger charge is 2.26. The zero-order chi connectivity index (χ0) is 17.8. The molecule has 2 fully saturated rings. The second-order valence-corrected chi connectivity index (χ2v) is 7.06. The summed E-state index contributed by atoms with van der Waals surface area (Å²) in [5.41, 5.74) is 1.38. The third-order valence-corrected chi connectivity index (χ3v) is 4.82. The first-order valence-electron chi connectivity index (χ1n) is 9.09. The molecule has 6 nitrogen and oxygen atoms in total. The Balaban J connectivity index is 0.00000243. The first-order chi connectivity index (χ1) is 12.0. The molecule has 0 spiro atoms. The van der Waals surface area contributed by atoms with Crippen molar-refractivity contribution in [3.63, 3.8) is 0 Å². The van der Waals surface area contributed by atoms with E-state index in [-0.39, 0.29) is 42.3 Å². The molecule has 7 heteroatoms. The number of amides is 2. The molecular formula is C19H28ClN3O3. The van der Waals surface area contributed by atoms with Gasteiger partial charge in [-0.25, -0.2) is 0 Å². The Labute approximate surface area is 161 Å². The zero-order valence-electron chi connectivity index (χ0n) is 15.4. The van der Waals surface area contributed by atoms with Crippen LogP contribution in [0, 0.1) is 5.92 Å². The highest BCUT2D eigenvalue weighted by atomic mass is 35.5. The molecule has 3 rings (SSSR count). The van der Waals surface area contributed by atoms with Crippen molar-refractivity contribution in [2.45, 2.75) is 38.9 Å². The minimum absolute atomic E-state index is 0. The van der Waals surface area contributed by atoms with E-state index in [2.05, 4.69) is 10.6 Å². The SMILES string of the molecule is CC1CN(C(=O)c2ccc(NC(=O)C3CCNCC3)cc2)CC(C)O1.Cl. The van der Waals surface area contributed by atoms with Gasteiger partial charge in [-0.3, -0.25) is 9.59 Å². The molecule has 144 valence electrons. The molecular weight excluding hydrogens is 354 g/mol. The number of hydrogen-bond acceptors (Lipinski definition) is 4. The molecule has 2 aliphatic rings. The van der Waals surface area contributed by atoms with Gasteiger partial charge in [0.2, 0.25) is 5.91 Å². The number of morpholine rings is 1. The molecule has 0 saturated carbocycles. The molecule has 0 bridgehead atoms. The molecule has 2 N–H and O–H groups in total. The van der Waals surface area contributed by atoms with Crippen molar-refractivity contribution >= 4 is 29.9 Å². The molecule has 0 aliphatic carbocycles. The van der Waals surface area contributed by atoms with Crippen molar-refractivity contribution in [2.24, 2.45) is 5.92 Å². The number of nitrogens with zero attached hydrogens (tertiary/aromatic N) is 1. The van der Waals surface area contributed by atoms with Crippen LogP contribution in [0.5, 0.6) is 0 Å². The third kappa shape index (κ3) is 5.19. The van der Waals surface area contributed by atoms with E-state index in [0.29, 0.717) is 18.7 Å². The van der Waals surface area contributed by atoms with Crippen LogP contribution in [0.15, 0.2) is 24.3 Å². The molecule has 0 radical (unpaired) electrons. The number of rotatable bonds is 3. The number of anilines is 1. The first kappa shape index (κ1) is 20.7. The van der Waals surface area contributed by atoms with Crippen molar-refractivity contribution < 1.29 is 14.3 Å². The second-order valence-electron chi connectivity index (χ2n) is 7.06. The van der Waals surface area contributed by atoms with E-state index in [1.807, 2.05) is 18.7 Å². The summed E-state index contributed by atoms with van der Waals surface area (Å²) < 4.78 is 5.68. The van der Waals surface area contributed by atoms with Gasteiger partial charge in [0.1, 0.15) is 0 Å². The Morgan fingerprint density at radius 1 is 1.08 bits per heavy atom. The molecule has 2 aliphatic heterocycles. The summed E-state index contributed by atoms with van der Waals surface area (Å²) in [7, 11) is 0. The van der Waals surface area contributed by atoms with Gasteiger partial charge in [0.15, 0.2) is 0 Å². The van der Waals surface area contributed by atoms with Gasteiger partial charge in [0.05, 0.1) is 12.2 Å². The molecule has 2 unspecified atom stereocenters. The summed E-state index contributed by atoms with van der Waals surface area (Å²) in [6.07, 6.45) is 1.85. The van der Waals surface area contributed by atoms with Crippen molar-refractivity contribution in [3.8, 4) is 0 Å². The van der Waals surface area contributed by atoms with Gasteiger partial charge < -0.3 is 20.3 Å². The van der Waals surface area contributed by atoms with Crippen LogP contribution in [0.3, 0.4) is 0 Å². The topological polar surface area (TPSA) is 70.7 Å². The molecule has 2 amide bonds. The fourth-order valence-corrected chi connectivity index (χ4v) is 3.55. The lowest BCUT2D eigenvalue weighted by Crippen LogP contribution is -2.48. The quantitative estimate of drug-likeness (QED) is 0.842. The average Bonchev–Trinajstić information content (AvgIpc) is 2.61. The van der Waals surface area contributed by atoms with E-state index < -0.39 is 0 Å². The van der Waals surface area contributed by atoms with Gasteiger partial charge in [0, 0.05) is 30.3 Å². The van der Waals surface area contributed by atoms with Gasteiger partial charge in [-0.05, 0) is 64.0 Å². The van der Waals surface area contributed by atoms with Crippen molar-refractivity contribution in [3.05, 3.63) is 29.8 Å². The Kier molecular flexibility index (Phi) is 7.43. The van der Waals surface area contributed by atoms with Gasteiger partial charge >= 0.3 is 0 Å². The smallest absolute Gasteiger partial charge is 0.254 e. The predicted molar refractivity (Wildman–Crippen MR) is 104 cm³/mol. The summed E-state index contributed by atoms with van der Waals surface area (Å²) >= 11 is 0. The summed E-state index contributed by atoms with van der Waals surface area (Å²) in [4.78, 5) is 26.8. The van der Waals surface area contributed by atoms with Crippen LogP contribution < -0.4 is 10.6 Å². The van der Waals surface area contributed by atoms with Gasteiger partial charge in [-0.15, -0.1) is 12.4 Å². The van der Waals surface area contributed by atoms with E-state index in [4.69, 9.17) is 4.74 Å². The molecule has 1 aromatic carbocycles. The Bertz CT molecular complexity index is 607. The molecule has 1 aromatic rings. The Hall–Kier alpha value is -1.63. The molecule has 26 heavy (non-hydrogen) atoms. The minimum Gasteiger partial charge on any atom is -0.372 e. The van der Waals surface area contributed by atoms with Gasteiger partial charge in [-0.1, -0.05) is 0 Å². The Morgan fingerprint density at radius 3 is 2.23 bits per heavy atom. The maximum atomic E-state index is 12.6. The highest BCUT2D eigenvalue weighted by molar-refractivity contribution is 5.96. The van der Waals surface area contributed by atoms with Crippen LogP contribution in [0.25, 0.3) is 0 Å². The van der Waals surface area contributed by atoms with Crippen LogP contribution in [0.4, 0.5) is 5.69 Å². The summed E-state index contributed by atoms with van der Waals surface area (Å²) in [6.45, 7) is 6.96. The van der Waals surface area contributed by atoms with Crippen molar-refractivity contribution in [1.29, 1.82) is 0 Å². The van der Waals surface area contributed by atoms with E-state index in [1.165, 1.54) is 0 Å². The Morgan fingerprint density at radius 2 is 1.65 bits per heavy atom. The maximum Gasteiger partial charge on any atom is 0.254 e. The number of hydrogen-bond donors (Lipinski definition) is 2. The van der Waals surface area contributed by atoms with E-state index >= 15 is 0 Å². The van der Waals surface area contributed by atoms with Crippen LogP contribution in [-0.4, -0.2) is 55.1 Å². The van der Waals surface area contributed by atoms with Crippen molar-refractivity contribution in [1.82, 2.24) is 10.2 Å². The second kappa shape index (κ2) is 9.35. The van der Waals surface area contributed by atoms with Crippen LogP contribution in [0.2, 0.25) is 0 Å².